The second-order valence-corrected chi connectivity index (χ2v) is 4.38. The second kappa shape index (κ2) is 12.9. The topological polar surface area (TPSA) is 53.6 Å². The number of ether oxygens (including phenoxy) is 1. The number of hydrogen-bond acceptors (Lipinski definition) is 4. The highest BCUT2D eigenvalue weighted by atomic mass is 35.5. The summed E-state index contributed by atoms with van der Waals surface area (Å²) in [4.78, 5) is 13.9. The summed E-state index contributed by atoms with van der Waals surface area (Å²) in [6.07, 6.45) is 2.64. The Morgan fingerprint density at radius 3 is 2.53 bits per heavy atom. The molecular weight excluding hydrogens is 289 g/mol. The summed E-state index contributed by atoms with van der Waals surface area (Å²) in [5, 5.41) is 5.95. The van der Waals surface area contributed by atoms with Crippen LogP contribution in [0.5, 0.6) is 0 Å². The minimum absolute atomic E-state index is 0. The van der Waals surface area contributed by atoms with E-state index in [2.05, 4.69) is 22.5 Å². The number of methoxy groups -OCH3 is 1. The van der Waals surface area contributed by atoms with Crippen molar-refractivity contribution in [2.45, 2.75) is 25.8 Å². The zero-order valence-corrected chi connectivity index (χ0v) is 13.4. The fourth-order valence-corrected chi connectivity index (χ4v) is 1.82. The molecule has 0 atom stereocenters. The Balaban J connectivity index is 0. The van der Waals surface area contributed by atoms with Crippen molar-refractivity contribution in [2.75, 3.05) is 46.4 Å². The number of likely N-dealkylation sites (N-methyl/N-ethyl adjacent to an activating group) is 1. The maximum Gasteiger partial charge on any atom is 0.234 e. The summed E-state index contributed by atoms with van der Waals surface area (Å²) >= 11 is 0. The van der Waals surface area contributed by atoms with Crippen molar-refractivity contribution in [1.82, 2.24) is 15.5 Å². The number of carbonyl (C=O) groups is 1. The molecule has 0 unspecified atom stereocenters. The van der Waals surface area contributed by atoms with Gasteiger partial charge in [-0.25, -0.2) is 0 Å². The van der Waals surface area contributed by atoms with Gasteiger partial charge in [0.2, 0.25) is 5.91 Å². The lowest BCUT2D eigenvalue weighted by Crippen LogP contribution is -2.40. The van der Waals surface area contributed by atoms with E-state index in [1.54, 1.807) is 7.11 Å². The first-order chi connectivity index (χ1) is 8.27. The molecule has 116 valence electrons. The third-order valence-electron chi connectivity index (χ3n) is 2.96. The van der Waals surface area contributed by atoms with E-state index in [1.165, 1.54) is 12.8 Å². The normalized spacial score (nSPS) is 13.6. The van der Waals surface area contributed by atoms with Crippen molar-refractivity contribution in [3.63, 3.8) is 0 Å². The van der Waals surface area contributed by atoms with Gasteiger partial charge in [-0.3, -0.25) is 9.69 Å². The zero-order chi connectivity index (χ0) is 12.5. The second-order valence-electron chi connectivity index (χ2n) is 4.38. The van der Waals surface area contributed by atoms with Gasteiger partial charge >= 0.3 is 0 Å². The molecule has 0 bridgehead atoms. The number of rotatable bonds is 10. The molecule has 1 aliphatic carbocycles. The van der Waals surface area contributed by atoms with Gasteiger partial charge < -0.3 is 15.4 Å². The molecule has 0 radical (unpaired) electrons. The minimum atomic E-state index is 0. The van der Waals surface area contributed by atoms with Crippen molar-refractivity contribution in [3.8, 4) is 0 Å². The monoisotopic (exact) mass is 315 g/mol. The van der Waals surface area contributed by atoms with Crippen LogP contribution < -0.4 is 10.6 Å². The van der Waals surface area contributed by atoms with Crippen LogP contribution in [0.25, 0.3) is 0 Å². The Morgan fingerprint density at radius 2 is 2.00 bits per heavy atom. The Bertz CT molecular complexity index is 229. The highest BCUT2D eigenvalue weighted by molar-refractivity contribution is 5.85. The number of amides is 1. The van der Waals surface area contributed by atoms with Gasteiger partial charge in [0.1, 0.15) is 0 Å². The van der Waals surface area contributed by atoms with E-state index in [4.69, 9.17) is 4.74 Å². The summed E-state index contributed by atoms with van der Waals surface area (Å²) in [5.74, 6) is 0.0629. The fourth-order valence-electron chi connectivity index (χ4n) is 1.82. The number of nitrogens with zero attached hydrogens (tertiary/aromatic N) is 1. The molecule has 0 aromatic heterocycles. The first-order valence-electron chi connectivity index (χ1n) is 6.48. The highest BCUT2D eigenvalue weighted by Crippen LogP contribution is 2.25. The van der Waals surface area contributed by atoms with Gasteiger partial charge in [-0.15, -0.1) is 24.8 Å². The third kappa shape index (κ3) is 10.4. The highest BCUT2D eigenvalue weighted by Gasteiger charge is 2.27. The molecule has 0 saturated heterocycles. The lowest BCUT2D eigenvalue weighted by atomic mass is 10.4. The van der Waals surface area contributed by atoms with Gasteiger partial charge in [0.25, 0.3) is 0 Å². The van der Waals surface area contributed by atoms with Crippen LogP contribution in [-0.4, -0.2) is 63.3 Å². The maximum atomic E-state index is 11.4. The van der Waals surface area contributed by atoms with E-state index in [0.29, 0.717) is 19.7 Å². The molecule has 0 aliphatic heterocycles. The molecule has 1 aliphatic rings. The quantitative estimate of drug-likeness (QED) is 0.582. The van der Waals surface area contributed by atoms with Crippen LogP contribution in [0, 0.1) is 0 Å². The molecule has 0 heterocycles. The first kappa shape index (κ1) is 21.2. The minimum Gasteiger partial charge on any atom is -0.383 e. The Labute approximate surface area is 128 Å². The van der Waals surface area contributed by atoms with E-state index in [1.807, 2.05) is 0 Å². The Morgan fingerprint density at radius 1 is 1.32 bits per heavy atom. The first-order valence-corrected chi connectivity index (χ1v) is 6.48. The molecule has 0 spiro atoms. The zero-order valence-electron chi connectivity index (χ0n) is 11.8. The molecule has 0 aromatic rings. The summed E-state index contributed by atoms with van der Waals surface area (Å²) in [6, 6.07) is 0.775. The smallest absolute Gasteiger partial charge is 0.234 e. The molecule has 1 amide bonds. The lowest BCUT2D eigenvalue weighted by Gasteiger charge is -2.19. The summed E-state index contributed by atoms with van der Waals surface area (Å²) in [7, 11) is 1.65. The SMILES string of the molecule is CCN(CCNC(=O)CNCCOC)C1CC1.Cl.Cl. The summed E-state index contributed by atoms with van der Waals surface area (Å²) < 4.78 is 4.88. The van der Waals surface area contributed by atoms with Crippen molar-refractivity contribution in [2.24, 2.45) is 0 Å². The van der Waals surface area contributed by atoms with Gasteiger partial charge in [-0.1, -0.05) is 6.92 Å². The average Bonchev–Trinajstić information content (AvgIpc) is 3.14. The number of nitrogens with one attached hydrogen (secondary N) is 2. The molecule has 5 nitrogen and oxygen atoms in total. The van der Waals surface area contributed by atoms with Crippen molar-refractivity contribution in [3.05, 3.63) is 0 Å². The number of hydrogen-bond donors (Lipinski definition) is 2. The van der Waals surface area contributed by atoms with Crippen LogP contribution in [0.15, 0.2) is 0 Å². The molecule has 1 rings (SSSR count). The predicted molar refractivity (Wildman–Crippen MR) is 82.5 cm³/mol. The van der Waals surface area contributed by atoms with Crippen LogP contribution in [0.2, 0.25) is 0 Å². The van der Waals surface area contributed by atoms with Crippen LogP contribution in [0.3, 0.4) is 0 Å². The van der Waals surface area contributed by atoms with E-state index in [0.717, 1.165) is 25.7 Å². The Hall–Kier alpha value is -0.0700. The van der Waals surface area contributed by atoms with Crippen LogP contribution in [-0.2, 0) is 9.53 Å². The summed E-state index contributed by atoms with van der Waals surface area (Å²) in [6.45, 7) is 6.68. The number of halogens is 2. The molecule has 1 saturated carbocycles. The van der Waals surface area contributed by atoms with Crippen molar-refractivity contribution < 1.29 is 9.53 Å². The molecule has 19 heavy (non-hydrogen) atoms. The fraction of sp³-hybridized carbons (Fsp3) is 0.917. The van der Waals surface area contributed by atoms with E-state index < -0.39 is 0 Å². The van der Waals surface area contributed by atoms with Crippen molar-refractivity contribution >= 4 is 30.7 Å². The lowest BCUT2D eigenvalue weighted by molar-refractivity contribution is -0.120. The van der Waals surface area contributed by atoms with E-state index in [9.17, 15) is 4.79 Å². The molecule has 2 N–H and O–H groups in total. The van der Waals surface area contributed by atoms with Crippen molar-refractivity contribution in [1.29, 1.82) is 0 Å². The Kier molecular flexibility index (Phi) is 14.5. The van der Waals surface area contributed by atoms with Gasteiger partial charge in [-0.2, -0.15) is 0 Å². The van der Waals surface area contributed by atoms with Gasteiger partial charge in [-0.05, 0) is 19.4 Å². The largest absolute Gasteiger partial charge is 0.383 e. The predicted octanol–water partition coefficient (Wildman–Crippen LogP) is 0.666. The van der Waals surface area contributed by atoms with E-state index >= 15 is 0 Å². The molecular formula is C12H27Cl2N3O2. The standard InChI is InChI=1S/C12H25N3O2.2ClH/c1-3-15(11-4-5-11)8-6-14-12(16)10-13-7-9-17-2;;/h11,13H,3-10H2,1-2H3,(H,14,16);2*1H. The summed E-state index contributed by atoms with van der Waals surface area (Å²) in [5.41, 5.74) is 0. The molecule has 0 aromatic carbocycles. The third-order valence-corrected chi connectivity index (χ3v) is 2.96. The van der Waals surface area contributed by atoms with Gasteiger partial charge in [0.05, 0.1) is 13.2 Å². The van der Waals surface area contributed by atoms with Crippen LogP contribution in [0.4, 0.5) is 0 Å². The van der Waals surface area contributed by atoms with Crippen LogP contribution in [0.1, 0.15) is 19.8 Å². The van der Waals surface area contributed by atoms with E-state index in [-0.39, 0.29) is 30.7 Å². The van der Waals surface area contributed by atoms with Crippen LogP contribution >= 0.6 is 24.8 Å². The molecule has 1 fully saturated rings. The number of carbonyl (C=O) groups excluding carboxylic acids is 1. The average molecular weight is 316 g/mol. The maximum absolute atomic E-state index is 11.4. The van der Waals surface area contributed by atoms with Gasteiger partial charge in [0, 0.05) is 32.8 Å². The molecule has 7 heteroatoms. The van der Waals surface area contributed by atoms with Gasteiger partial charge in [0.15, 0.2) is 0 Å².